The van der Waals surface area contributed by atoms with E-state index >= 15 is 0 Å². The monoisotopic (exact) mass is 533 g/mol. The van der Waals surface area contributed by atoms with Gasteiger partial charge in [-0.1, -0.05) is 31.0 Å². The molecule has 0 radical (unpaired) electrons. The molecule has 202 valence electrons. The van der Waals surface area contributed by atoms with E-state index in [0.717, 1.165) is 51.4 Å². The maximum Gasteiger partial charge on any atom is 0.228 e. The van der Waals surface area contributed by atoms with E-state index in [1.807, 2.05) is 4.90 Å². The van der Waals surface area contributed by atoms with Gasteiger partial charge in [0.15, 0.2) is 0 Å². The largest absolute Gasteiger partial charge is 0.376 e. The molecule has 8 nitrogen and oxygen atoms in total. The van der Waals surface area contributed by atoms with Crippen molar-refractivity contribution < 1.29 is 27.1 Å². The van der Waals surface area contributed by atoms with Gasteiger partial charge in [-0.25, -0.2) is 17.8 Å². The van der Waals surface area contributed by atoms with Crippen molar-refractivity contribution in [3.63, 3.8) is 0 Å². The fourth-order valence-corrected chi connectivity index (χ4v) is 7.24. The van der Waals surface area contributed by atoms with Gasteiger partial charge in [-0.3, -0.25) is 4.79 Å². The van der Waals surface area contributed by atoms with E-state index in [4.69, 9.17) is 9.47 Å². The van der Waals surface area contributed by atoms with Crippen molar-refractivity contribution in [1.82, 2.24) is 14.5 Å². The third-order valence-electron chi connectivity index (χ3n) is 7.71. The number of carbonyl (C=O) groups is 1. The van der Waals surface area contributed by atoms with Crippen LogP contribution in [0.5, 0.6) is 0 Å². The number of aromatic nitrogens is 2. The first-order valence-corrected chi connectivity index (χ1v) is 15.1. The van der Waals surface area contributed by atoms with Crippen molar-refractivity contribution in [3.05, 3.63) is 47.5 Å². The van der Waals surface area contributed by atoms with Gasteiger partial charge < -0.3 is 18.9 Å². The quantitative estimate of drug-likeness (QED) is 0.461. The molecular weight excluding hydrogens is 497 g/mol. The van der Waals surface area contributed by atoms with Gasteiger partial charge in [-0.2, -0.15) is 0 Å². The summed E-state index contributed by atoms with van der Waals surface area (Å²) in [6.45, 7) is 2.40. The zero-order valence-electron chi connectivity index (χ0n) is 21.2. The lowest BCUT2D eigenvalue weighted by molar-refractivity contribution is -0.137. The molecule has 2 saturated heterocycles. The highest BCUT2D eigenvalue weighted by molar-refractivity contribution is 7.90. The topological polar surface area (TPSA) is 90.7 Å². The Morgan fingerprint density at radius 2 is 1.73 bits per heavy atom. The molecule has 5 rings (SSSR count). The van der Waals surface area contributed by atoms with Crippen LogP contribution in [0.2, 0.25) is 0 Å². The van der Waals surface area contributed by atoms with Crippen molar-refractivity contribution >= 4 is 15.7 Å². The van der Waals surface area contributed by atoms with Gasteiger partial charge in [0.25, 0.3) is 0 Å². The van der Waals surface area contributed by atoms with E-state index in [2.05, 4.69) is 4.98 Å². The Kier molecular flexibility index (Phi) is 8.26. The van der Waals surface area contributed by atoms with E-state index in [9.17, 15) is 17.6 Å². The summed E-state index contributed by atoms with van der Waals surface area (Å²) in [5.74, 6) is -0.940. The molecule has 1 amide bonds. The number of ether oxygens (including phenoxy) is 2. The van der Waals surface area contributed by atoms with Crippen molar-refractivity contribution in [2.24, 2.45) is 5.92 Å². The number of rotatable bonds is 10. The van der Waals surface area contributed by atoms with Gasteiger partial charge in [0.2, 0.25) is 20.9 Å². The smallest absolute Gasteiger partial charge is 0.228 e. The molecule has 0 spiro atoms. The summed E-state index contributed by atoms with van der Waals surface area (Å²) in [5, 5.41) is -0.105. The zero-order chi connectivity index (χ0) is 25.8. The van der Waals surface area contributed by atoms with Crippen LogP contribution in [-0.4, -0.2) is 60.7 Å². The average Bonchev–Trinajstić information content (AvgIpc) is 3.69. The molecule has 1 aliphatic carbocycles. The second kappa shape index (κ2) is 11.6. The third-order valence-corrected chi connectivity index (χ3v) is 9.28. The number of hydrogen-bond donors (Lipinski definition) is 0. The number of nitrogens with zero attached hydrogens (tertiary/aromatic N) is 3. The average molecular weight is 534 g/mol. The van der Waals surface area contributed by atoms with Crippen molar-refractivity contribution in [1.29, 1.82) is 0 Å². The molecule has 2 aromatic rings. The van der Waals surface area contributed by atoms with Crippen LogP contribution < -0.4 is 0 Å². The second-order valence-corrected chi connectivity index (χ2v) is 12.3. The van der Waals surface area contributed by atoms with Crippen LogP contribution in [0.3, 0.4) is 0 Å². The van der Waals surface area contributed by atoms with Crippen LogP contribution in [0.4, 0.5) is 4.39 Å². The Labute approximate surface area is 218 Å². The molecule has 10 heteroatoms. The number of hydrogen-bond acceptors (Lipinski definition) is 6. The number of halogens is 1. The van der Waals surface area contributed by atoms with Crippen LogP contribution in [0.1, 0.15) is 62.6 Å². The van der Waals surface area contributed by atoms with Gasteiger partial charge in [-0.15, -0.1) is 0 Å². The van der Waals surface area contributed by atoms with Crippen molar-refractivity contribution in [3.8, 4) is 0 Å². The molecule has 1 aromatic carbocycles. The lowest BCUT2D eigenvalue weighted by Gasteiger charge is -2.28. The van der Waals surface area contributed by atoms with Crippen molar-refractivity contribution in [2.75, 3.05) is 19.8 Å². The fraction of sp³-hybridized carbons (Fsp3) is 0.630. The maximum absolute atomic E-state index is 14.3. The molecule has 3 fully saturated rings. The highest BCUT2D eigenvalue weighted by atomic mass is 32.2. The first kappa shape index (κ1) is 26.3. The van der Waals surface area contributed by atoms with E-state index < -0.39 is 21.4 Å². The van der Waals surface area contributed by atoms with Crippen LogP contribution in [0, 0.1) is 11.7 Å². The fourth-order valence-electron chi connectivity index (χ4n) is 5.73. The predicted octanol–water partition coefficient (Wildman–Crippen LogP) is 3.87. The SMILES string of the molecule is O=C(C1CCCC1)N(Cc1cnc(S(=O)(=O)Cc2ccccc2F)n1C[C@H]1CCCO1)C[C@@H]1CCCO1. The van der Waals surface area contributed by atoms with Gasteiger partial charge in [-0.05, 0) is 44.6 Å². The minimum Gasteiger partial charge on any atom is -0.376 e. The number of carbonyl (C=O) groups excluding carboxylic acids is 1. The highest BCUT2D eigenvalue weighted by Gasteiger charge is 2.33. The second-order valence-electron chi connectivity index (χ2n) is 10.5. The van der Waals surface area contributed by atoms with Crippen molar-refractivity contribution in [2.45, 2.75) is 87.6 Å². The van der Waals surface area contributed by atoms with Gasteiger partial charge in [0.05, 0.1) is 42.9 Å². The molecule has 0 N–H and O–H groups in total. The first-order chi connectivity index (χ1) is 17.9. The van der Waals surface area contributed by atoms with Gasteiger partial charge >= 0.3 is 0 Å². The maximum atomic E-state index is 14.3. The minimum absolute atomic E-state index is 0.000184. The van der Waals surface area contributed by atoms with E-state index in [0.29, 0.717) is 32.0 Å². The molecule has 3 heterocycles. The molecule has 1 aromatic heterocycles. The van der Waals surface area contributed by atoms with E-state index in [-0.39, 0.29) is 41.3 Å². The summed E-state index contributed by atoms with van der Waals surface area (Å²) in [4.78, 5) is 19.7. The number of benzene rings is 1. The summed E-state index contributed by atoms with van der Waals surface area (Å²) in [5.41, 5.74) is 0.749. The Morgan fingerprint density at radius 1 is 1.03 bits per heavy atom. The van der Waals surface area contributed by atoms with E-state index in [1.54, 1.807) is 16.8 Å². The number of sulfone groups is 1. The lowest BCUT2D eigenvalue weighted by atomic mass is 10.1. The summed E-state index contributed by atoms with van der Waals surface area (Å²) in [6, 6.07) is 5.89. The van der Waals surface area contributed by atoms with Gasteiger partial charge in [0.1, 0.15) is 5.82 Å². The molecule has 0 unspecified atom stereocenters. The standard InChI is InChI=1S/C27H36FN3O5S/c28-25-12-4-3-9-21(25)19-37(33,34)27-29-15-22(31(27)18-24-11-6-14-36-24)16-30(17-23-10-5-13-35-23)26(32)20-7-1-2-8-20/h3-4,9,12,15,20,23-24H,1-2,5-8,10-11,13-14,16-19H2/t23-,24+/m0/s1. The third kappa shape index (κ3) is 6.23. The zero-order valence-corrected chi connectivity index (χ0v) is 22.0. The number of amides is 1. The van der Waals surface area contributed by atoms with Crippen LogP contribution in [-0.2, 0) is 42.9 Å². The highest BCUT2D eigenvalue weighted by Crippen LogP contribution is 2.29. The predicted molar refractivity (Wildman–Crippen MR) is 135 cm³/mol. The molecule has 37 heavy (non-hydrogen) atoms. The Morgan fingerprint density at radius 3 is 2.41 bits per heavy atom. The Hall–Kier alpha value is -2.30. The van der Waals surface area contributed by atoms with E-state index in [1.165, 1.54) is 18.2 Å². The van der Waals surface area contributed by atoms with Crippen LogP contribution in [0.25, 0.3) is 0 Å². The normalized spacial score (nSPS) is 22.6. The molecule has 1 saturated carbocycles. The molecule has 2 aliphatic heterocycles. The molecule has 2 atom stereocenters. The summed E-state index contributed by atoms with van der Waals surface area (Å²) < 4.78 is 54.6. The summed E-state index contributed by atoms with van der Waals surface area (Å²) >= 11 is 0. The molecule has 3 aliphatic rings. The van der Waals surface area contributed by atoms with Crippen LogP contribution in [0.15, 0.2) is 35.6 Å². The van der Waals surface area contributed by atoms with Gasteiger partial charge in [0, 0.05) is 31.2 Å². The van der Waals surface area contributed by atoms with Crippen LogP contribution >= 0.6 is 0 Å². The molecular formula is C27H36FN3O5S. The molecule has 0 bridgehead atoms. The summed E-state index contributed by atoms with van der Waals surface area (Å²) in [6.07, 6.45) is 8.92. The Bertz CT molecular complexity index is 1180. The minimum atomic E-state index is -3.95. The Balaban J connectivity index is 1.44. The first-order valence-electron chi connectivity index (χ1n) is 13.4. The number of imidazole rings is 1. The summed E-state index contributed by atoms with van der Waals surface area (Å²) in [7, 11) is -3.95. The lowest BCUT2D eigenvalue weighted by Crippen LogP contribution is -2.40.